The van der Waals surface area contributed by atoms with E-state index in [1.54, 1.807) is 0 Å². The molecule has 1 rings (SSSR count). The van der Waals surface area contributed by atoms with E-state index >= 15 is 0 Å². The zero-order valence-electron chi connectivity index (χ0n) is 14.0. The molecule has 2 nitrogen and oxygen atoms in total. The van der Waals surface area contributed by atoms with Gasteiger partial charge in [0.05, 0.1) is 11.7 Å². The predicted molar refractivity (Wildman–Crippen MR) is 85.9 cm³/mol. The monoisotopic (exact) mass is 282 g/mol. The standard InChI is InChI=1S/C18H34O2/c1-15(2)10-11-17(19)16(3)9-8-13-18(4)12-6-5-7-14-20-18/h10,16-17,19H,5-9,11-14H2,1-4H3. The Hall–Kier alpha value is -0.340. The minimum absolute atomic E-state index is 0.0844. The maximum absolute atomic E-state index is 10.1. The van der Waals surface area contributed by atoms with Crippen LogP contribution in [0.25, 0.3) is 0 Å². The molecule has 3 atom stereocenters. The molecule has 1 aliphatic heterocycles. The third-order valence-electron chi connectivity index (χ3n) is 4.59. The fraction of sp³-hybridized carbons (Fsp3) is 0.889. The maximum atomic E-state index is 10.1. The third kappa shape index (κ3) is 6.90. The first kappa shape index (κ1) is 17.7. The predicted octanol–water partition coefficient (Wildman–Crippen LogP) is 4.86. The third-order valence-corrected chi connectivity index (χ3v) is 4.59. The molecule has 1 aliphatic rings. The Balaban J connectivity index is 2.26. The summed E-state index contributed by atoms with van der Waals surface area (Å²) in [6.07, 6.45) is 11.1. The topological polar surface area (TPSA) is 29.5 Å². The number of hydrogen-bond donors (Lipinski definition) is 1. The molecule has 20 heavy (non-hydrogen) atoms. The summed E-state index contributed by atoms with van der Waals surface area (Å²) in [7, 11) is 0. The van der Waals surface area contributed by atoms with E-state index in [0.29, 0.717) is 5.92 Å². The molecule has 0 bridgehead atoms. The van der Waals surface area contributed by atoms with Crippen molar-refractivity contribution in [1.82, 2.24) is 0 Å². The maximum Gasteiger partial charge on any atom is 0.0654 e. The van der Waals surface area contributed by atoms with Crippen LogP contribution in [0.15, 0.2) is 11.6 Å². The zero-order valence-corrected chi connectivity index (χ0v) is 14.0. The summed E-state index contributed by atoms with van der Waals surface area (Å²) in [5.74, 6) is 0.375. The molecule has 0 aromatic heterocycles. The molecule has 1 heterocycles. The smallest absolute Gasteiger partial charge is 0.0654 e. The summed E-state index contributed by atoms with van der Waals surface area (Å²) in [6.45, 7) is 9.53. The van der Waals surface area contributed by atoms with Crippen LogP contribution >= 0.6 is 0 Å². The van der Waals surface area contributed by atoms with Crippen LogP contribution in [0.2, 0.25) is 0 Å². The van der Waals surface area contributed by atoms with Crippen molar-refractivity contribution in [2.45, 2.75) is 90.8 Å². The second-order valence-electron chi connectivity index (χ2n) is 7.06. The highest BCUT2D eigenvalue weighted by Gasteiger charge is 2.26. The first-order valence-corrected chi connectivity index (χ1v) is 8.38. The SMILES string of the molecule is CC(C)=CCC(O)C(C)CCCC1(C)CCCCCO1. The molecule has 2 heteroatoms. The number of aliphatic hydroxyl groups is 1. The van der Waals surface area contributed by atoms with Crippen LogP contribution in [-0.4, -0.2) is 23.4 Å². The first-order chi connectivity index (χ1) is 9.43. The molecule has 118 valence electrons. The average Bonchev–Trinajstić information content (AvgIpc) is 2.61. The highest BCUT2D eigenvalue weighted by molar-refractivity contribution is 4.94. The molecule has 0 saturated carbocycles. The fourth-order valence-corrected chi connectivity index (χ4v) is 2.94. The van der Waals surface area contributed by atoms with Crippen molar-refractivity contribution in [1.29, 1.82) is 0 Å². The van der Waals surface area contributed by atoms with Crippen molar-refractivity contribution in [3.8, 4) is 0 Å². The fourth-order valence-electron chi connectivity index (χ4n) is 2.94. The van der Waals surface area contributed by atoms with Crippen molar-refractivity contribution in [2.75, 3.05) is 6.61 Å². The van der Waals surface area contributed by atoms with Crippen LogP contribution in [0.4, 0.5) is 0 Å². The van der Waals surface area contributed by atoms with Crippen molar-refractivity contribution >= 4 is 0 Å². The number of hydrogen-bond acceptors (Lipinski definition) is 2. The van der Waals surface area contributed by atoms with Crippen molar-refractivity contribution in [3.63, 3.8) is 0 Å². The summed E-state index contributed by atoms with van der Waals surface area (Å²) in [5.41, 5.74) is 1.37. The van der Waals surface area contributed by atoms with Gasteiger partial charge in [0.2, 0.25) is 0 Å². The van der Waals surface area contributed by atoms with Gasteiger partial charge < -0.3 is 9.84 Å². The quantitative estimate of drug-likeness (QED) is 0.676. The normalized spacial score (nSPS) is 26.6. The first-order valence-electron chi connectivity index (χ1n) is 8.38. The van der Waals surface area contributed by atoms with Gasteiger partial charge in [0.1, 0.15) is 0 Å². The lowest BCUT2D eigenvalue weighted by Crippen LogP contribution is -2.28. The van der Waals surface area contributed by atoms with E-state index < -0.39 is 0 Å². The van der Waals surface area contributed by atoms with Gasteiger partial charge in [0, 0.05) is 6.61 Å². The van der Waals surface area contributed by atoms with E-state index in [1.807, 2.05) is 0 Å². The molecule has 3 unspecified atom stereocenters. The van der Waals surface area contributed by atoms with Gasteiger partial charge in [0.25, 0.3) is 0 Å². The minimum Gasteiger partial charge on any atom is -0.393 e. The molecule has 0 radical (unpaired) electrons. The summed E-state index contributed by atoms with van der Waals surface area (Å²) in [6, 6.07) is 0. The van der Waals surface area contributed by atoms with E-state index in [4.69, 9.17) is 4.74 Å². The van der Waals surface area contributed by atoms with Gasteiger partial charge in [-0.05, 0) is 58.8 Å². The highest BCUT2D eigenvalue weighted by Crippen LogP contribution is 2.30. The lowest BCUT2D eigenvalue weighted by Gasteiger charge is -2.29. The van der Waals surface area contributed by atoms with Gasteiger partial charge in [-0.3, -0.25) is 0 Å². The van der Waals surface area contributed by atoms with Crippen LogP contribution in [0.1, 0.15) is 79.1 Å². The van der Waals surface area contributed by atoms with Crippen LogP contribution in [0.3, 0.4) is 0 Å². The van der Waals surface area contributed by atoms with Gasteiger partial charge >= 0.3 is 0 Å². The molecule has 0 amide bonds. The molecule has 1 N–H and O–H groups in total. The van der Waals surface area contributed by atoms with E-state index in [-0.39, 0.29) is 11.7 Å². The van der Waals surface area contributed by atoms with Crippen LogP contribution in [-0.2, 0) is 4.74 Å². The Bertz CT molecular complexity index is 284. The minimum atomic E-state index is -0.201. The van der Waals surface area contributed by atoms with Crippen LogP contribution < -0.4 is 0 Å². The van der Waals surface area contributed by atoms with Gasteiger partial charge in [0.15, 0.2) is 0 Å². The molecular formula is C18H34O2. The second-order valence-corrected chi connectivity index (χ2v) is 7.06. The van der Waals surface area contributed by atoms with Crippen LogP contribution in [0.5, 0.6) is 0 Å². The van der Waals surface area contributed by atoms with E-state index in [1.165, 1.54) is 31.3 Å². The van der Waals surface area contributed by atoms with Gasteiger partial charge in [-0.1, -0.05) is 37.8 Å². The van der Waals surface area contributed by atoms with Crippen molar-refractivity contribution in [3.05, 3.63) is 11.6 Å². The Morgan fingerprint density at radius 2 is 2.05 bits per heavy atom. The molecule has 0 spiro atoms. The molecule has 0 aromatic rings. The number of aliphatic hydroxyl groups excluding tert-OH is 1. The second kappa shape index (κ2) is 8.84. The Morgan fingerprint density at radius 1 is 1.30 bits per heavy atom. The van der Waals surface area contributed by atoms with Crippen LogP contribution in [0, 0.1) is 5.92 Å². The Kier molecular flexibility index (Phi) is 7.83. The summed E-state index contributed by atoms with van der Waals surface area (Å²) in [4.78, 5) is 0. The number of allylic oxidation sites excluding steroid dienone is 1. The molecule has 1 fully saturated rings. The summed E-state index contributed by atoms with van der Waals surface area (Å²) < 4.78 is 6.04. The zero-order chi connectivity index (χ0) is 15.0. The van der Waals surface area contributed by atoms with Gasteiger partial charge in [-0.15, -0.1) is 0 Å². The van der Waals surface area contributed by atoms with Crippen molar-refractivity contribution in [2.24, 2.45) is 5.92 Å². The lowest BCUT2D eigenvalue weighted by molar-refractivity contribution is -0.0370. The van der Waals surface area contributed by atoms with E-state index in [2.05, 4.69) is 33.8 Å². The van der Waals surface area contributed by atoms with E-state index in [9.17, 15) is 5.11 Å². The molecular weight excluding hydrogens is 248 g/mol. The summed E-state index contributed by atoms with van der Waals surface area (Å²) in [5, 5.41) is 10.1. The average molecular weight is 282 g/mol. The highest BCUT2D eigenvalue weighted by atomic mass is 16.5. The summed E-state index contributed by atoms with van der Waals surface area (Å²) >= 11 is 0. The lowest BCUT2D eigenvalue weighted by atomic mass is 9.89. The van der Waals surface area contributed by atoms with Crippen molar-refractivity contribution < 1.29 is 9.84 Å². The number of ether oxygens (including phenoxy) is 1. The Labute approximate surface area is 125 Å². The number of rotatable bonds is 7. The Morgan fingerprint density at radius 3 is 2.75 bits per heavy atom. The molecule has 0 aromatic carbocycles. The molecule has 0 aliphatic carbocycles. The van der Waals surface area contributed by atoms with Gasteiger partial charge in [-0.2, -0.15) is 0 Å². The molecule has 1 saturated heterocycles. The largest absolute Gasteiger partial charge is 0.393 e. The van der Waals surface area contributed by atoms with Gasteiger partial charge in [-0.25, -0.2) is 0 Å². The van der Waals surface area contributed by atoms with E-state index in [0.717, 1.165) is 32.3 Å².